The van der Waals surface area contributed by atoms with E-state index >= 15 is 0 Å². The number of nitrogens with zero attached hydrogens (tertiary/aromatic N) is 3. The maximum Gasteiger partial charge on any atom is 0.344 e. The van der Waals surface area contributed by atoms with Crippen molar-refractivity contribution in [3.05, 3.63) is 94.5 Å². The third-order valence-corrected chi connectivity index (χ3v) is 6.47. The molecule has 2 heterocycles. The van der Waals surface area contributed by atoms with Gasteiger partial charge >= 0.3 is 5.97 Å². The van der Waals surface area contributed by atoms with Crippen LogP contribution in [0.1, 0.15) is 46.9 Å². The number of rotatable bonds is 8. The number of anilines is 1. The van der Waals surface area contributed by atoms with E-state index in [-0.39, 0.29) is 23.9 Å². The summed E-state index contributed by atoms with van der Waals surface area (Å²) in [7, 11) is 0. The number of ether oxygens (including phenoxy) is 1. The van der Waals surface area contributed by atoms with Crippen LogP contribution in [0.15, 0.2) is 83.3 Å². The molecule has 5 aromatic rings. The Kier molecular flexibility index (Phi) is 7.28. The van der Waals surface area contributed by atoms with Crippen LogP contribution < -0.4 is 5.32 Å². The fraction of sp³-hybridized carbons (Fsp3) is 0.172. The summed E-state index contributed by atoms with van der Waals surface area (Å²) in [6, 6.07) is 24.0. The summed E-state index contributed by atoms with van der Waals surface area (Å²) in [5.74, 6) is -0.655. The van der Waals surface area contributed by atoms with Crippen molar-refractivity contribution in [1.29, 1.82) is 0 Å². The number of carbonyl (C=O) groups is 2. The molecule has 0 saturated carbocycles. The summed E-state index contributed by atoms with van der Waals surface area (Å²) in [6.07, 6.45) is 2.72. The number of esters is 1. The zero-order valence-electron chi connectivity index (χ0n) is 20.3. The normalized spacial score (nSPS) is 11.1. The lowest BCUT2D eigenvalue weighted by Gasteiger charge is -2.13. The number of nitrogens with one attached hydrogen (secondary N) is 1. The van der Waals surface area contributed by atoms with Gasteiger partial charge in [0.15, 0.2) is 5.65 Å². The van der Waals surface area contributed by atoms with Gasteiger partial charge in [0.1, 0.15) is 16.9 Å². The summed E-state index contributed by atoms with van der Waals surface area (Å²) in [5.41, 5.74) is 3.49. The molecule has 8 heteroatoms. The van der Waals surface area contributed by atoms with Crippen molar-refractivity contribution < 1.29 is 14.3 Å². The Labute approximate surface area is 222 Å². The summed E-state index contributed by atoms with van der Waals surface area (Å²) in [4.78, 5) is 36.6. The van der Waals surface area contributed by atoms with Crippen molar-refractivity contribution in [2.75, 3.05) is 11.9 Å². The molecule has 37 heavy (non-hydrogen) atoms. The monoisotopic (exact) mass is 556 g/mol. The van der Waals surface area contributed by atoms with Crippen molar-refractivity contribution in [3.8, 4) is 5.69 Å². The first-order valence-corrected chi connectivity index (χ1v) is 13.0. The number of carbonyl (C=O) groups excluding carboxylic acids is 2. The minimum absolute atomic E-state index is 0.178. The second kappa shape index (κ2) is 10.9. The fourth-order valence-corrected chi connectivity index (χ4v) is 4.58. The highest BCUT2D eigenvalue weighted by atomic mass is 79.9. The van der Waals surface area contributed by atoms with E-state index in [1.54, 1.807) is 22.8 Å². The number of halogens is 1. The molecule has 186 valence electrons. The Hall–Kier alpha value is -4.04. The first-order chi connectivity index (χ1) is 18.1. The summed E-state index contributed by atoms with van der Waals surface area (Å²) in [6.45, 7) is 2.37. The Morgan fingerprint density at radius 2 is 1.65 bits per heavy atom. The highest BCUT2D eigenvalue weighted by Gasteiger charge is 2.29. The van der Waals surface area contributed by atoms with Crippen LogP contribution in [0.3, 0.4) is 0 Å². The molecule has 0 unspecified atom stereocenters. The van der Waals surface area contributed by atoms with Crippen molar-refractivity contribution in [2.45, 2.75) is 26.2 Å². The maximum absolute atomic E-state index is 13.5. The van der Waals surface area contributed by atoms with Gasteiger partial charge in [0.05, 0.1) is 17.6 Å². The molecule has 0 aliphatic carbocycles. The zero-order chi connectivity index (χ0) is 25.8. The first-order valence-electron chi connectivity index (χ1n) is 12.2. The largest absolute Gasteiger partial charge is 0.462 e. The van der Waals surface area contributed by atoms with E-state index in [2.05, 4.69) is 28.2 Å². The third kappa shape index (κ3) is 5.11. The van der Waals surface area contributed by atoms with Crippen molar-refractivity contribution in [3.63, 3.8) is 0 Å². The van der Waals surface area contributed by atoms with Gasteiger partial charge in [0.2, 0.25) is 0 Å². The minimum atomic E-state index is -0.551. The Balaban J connectivity index is 1.73. The molecule has 0 fully saturated rings. The Bertz CT molecular complexity index is 1600. The number of unbranched alkanes of at least 4 members (excludes halogenated alkanes) is 2. The quantitative estimate of drug-likeness (QED) is 0.165. The van der Waals surface area contributed by atoms with E-state index in [1.165, 1.54) is 0 Å². The standard InChI is InChI=1S/C29H25BrN4O3/c1-2-3-9-17-37-29(36)24-25-27(32-23-16-8-7-15-22(23)31-25)34(21-13-5-4-6-14-21)26(24)33-28(35)19-11-10-12-20(30)18-19/h4-8,10-16,18H,2-3,9,17H2,1H3,(H,33,35). The van der Waals surface area contributed by atoms with Gasteiger partial charge in [-0.25, -0.2) is 14.8 Å². The van der Waals surface area contributed by atoms with Gasteiger partial charge in [-0.05, 0) is 48.9 Å². The van der Waals surface area contributed by atoms with E-state index in [1.807, 2.05) is 60.7 Å². The van der Waals surface area contributed by atoms with E-state index in [9.17, 15) is 9.59 Å². The van der Waals surface area contributed by atoms with Gasteiger partial charge in [-0.1, -0.05) is 72.1 Å². The smallest absolute Gasteiger partial charge is 0.344 e. The lowest BCUT2D eigenvalue weighted by molar-refractivity contribution is 0.0501. The molecule has 0 bridgehead atoms. The number of benzene rings is 3. The molecule has 5 rings (SSSR count). The van der Waals surface area contributed by atoms with Crippen LogP contribution in [0.2, 0.25) is 0 Å². The molecule has 0 radical (unpaired) electrons. The highest BCUT2D eigenvalue weighted by Crippen LogP contribution is 2.34. The lowest BCUT2D eigenvalue weighted by atomic mass is 10.2. The molecule has 3 aromatic carbocycles. The number of aromatic nitrogens is 3. The van der Waals surface area contributed by atoms with Crippen LogP contribution in [0.4, 0.5) is 5.82 Å². The number of para-hydroxylation sites is 3. The summed E-state index contributed by atoms with van der Waals surface area (Å²) < 4.78 is 8.20. The molecule has 1 N–H and O–H groups in total. The molecule has 0 aliphatic rings. The third-order valence-electron chi connectivity index (χ3n) is 5.98. The lowest BCUT2D eigenvalue weighted by Crippen LogP contribution is -2.18. The van der Waals surface area contributed by atoms with Gasteiger partial charge in [-0.15, -0.1) is 0 Å². The number of fused-ring (bicyclic) bond motifs is 2. The zero-order valence-corrected chi connectivity index (χ0v) is 21.9. The highest BCUT2D eigenvalue weighted by molar-refractivity contribution is 9.10. The molecule has 2 aromatic heterocycles. The van der Waals surface area contributed by atoms with Gasteiger partial charge < -0.3 is 10.1 Å². The molecule has 1 amide bonds. The molecule has 0 atom stereocenters. The SMILES string of the molecule is CCCCCOC(=O)c1c(NC(=O)c2cccc(Br)c2)n(-c2ccccc2)c2nc3ccccc3nc12. The van der Waals surface area contributed by atoms with Crippen molar-refractivity contribution in [1.82, 2.24) is 14.5 Å². The average Bonchev–Trinajstić information content (AvgIpc) is 3.22. The fourth-order valence-electron chi connectivity index (χ4n) is 4.18. The van der Waals surface area contributed by atoms with Gasteiger partial charge in [0.25, 0.3) is 5.91 Å². The molecule has 0 spiro atoms. The number of hydrogen-bond acceptors (Lipinski definition) is 5. The molecule has 7 nitrogen and oxygen atoms in total. The number of amides is 1. The summed E-state index contributed by atoms with van der Waals surface area (Å²) >= 11 is 3.42. The van der Waals surface area contributed by atoms with Gasteiger partial charge in [0, 0.05) is 15.7 Å². The van der Waals surface area contributed by atoms with Crippen molar-refractivity contribution >= 4 is 55.8 Å². The van der Waals surface area contributed by atoms with Crippen LogP contribution in [0.5, 0.6) is 0 Å². The maximum atomic E-state index is 13.5. The summed E-state index contributed by atoms with van der Waals surface area (Å²) in [5, 5.41) is 2.97. The molecule has 0 saturated heterocycles. The Morgan fingerprint density at radius 1 is 0.919 bits per heavy atom. The number of hydrogen-bond donors (Lipinski definition) is 1. The van der Waals surface area contributed by atoms with Gasteiger partial charge in [-0.2, -0.15) is 0 Å². The molecule has 0 aliphatic heterocycles. The topological polar surface area (TPSA) is 86.1 Å². The second-order valence-electron chi connectivity index (χ2n) is 8.59. The molecular weight excluding hydrogens is 532 g/mol. The predicted molar refractivity (Wildman–Crippen MR) is 148 cm³/mol. The van der Waals surface area contributed by atoms with Crippen molar-refractivity contribution in [2.24, 2.45) is 0 Å². The van der Waals surface area contributed by atoms with Crippen LogP contribution in [0, 0.1) is 0 Å². The van der Waals surface area contributed by atoms with E-state index in [4.69, 9.17) is 14.7 Å². The van der Waals surface area contributed by atoms with E-state index in [0.29, 0.717) is 27.8 Å². The average molecular weight is 557 g/mol. The van der Waals surface area contributed by atoms with Crippen LogP contribution in [0.25, 0.3) is 27.9 Å². The first kappa shape index (κ1) is 24.6. The van der Waals surface area contributed by atoms with Crippen LogP contribution in [-0.4, -0.2) is 33.0 Å². The van der Waals surface area contributed by atoms with Crippen LogP contribution in [-0.2, 0) is 4.74 Å². The van der Waals surface area contributed by atoms with E-state index in [0.717, 1.165) is 29.4 Å². The minimum Gasteiger partial charge on any atom is -0.462 e. The van der Waals surface area contributed by atoms with E-state index < -0.39 is 5.97 Å². The second-order valence-corrected chi connectivity index (χ2v) is 9.50. The van der Waals surface area contributed by atoms with Gasteiger partial charge in [-0.3, -0.25) is 9.36 Å². The van der Waals surface area contributed by atoms with Crippen LogP contribution >= 0.6 is 15.9 Å². The predicted octanol–water partition coefficient (Wildman–Crippen LogP) is 6.94. The molecular formula is C29H25BrN4O3. The Morgan fingerprint density at radius 3 is 2.38 bits per heavy atom.